The average molecular weight is 348 g/mol. The Morgan fingerprint density at radius 3 is 2.80 bits per heavy atom. The topological polar surface area (TPSA) is 100 Å². The van der Waals surface area contributed by atoms with Gasteiger partial charge in [0.05, 0.1) is 0 Å². The summed E-state index contributed by atoms with van der Waals surface area (Å²) in [5.74, 6) is 2.89. The number of aliphatic hydroxyl groups is 1. The van der Waals surface area contributed by atoms with Gasteiger partial charge >= 0.3 is 6.03 Å². The van der Waals surface area contributed by atoms with Crippen LogP contribution in [0, 0.1) is 17.8 Å². The highest BCUT2D eigenvalue weighted by atomic mass is 16.5. The fourth-order valence-corrected chi connectivity index (χ4v) is 5.12. The molecule has 0 aliphatic heterocycles. The fraction of sp³-hybridized carbons (Fsp3) is 0.833. The molecular formula is C18H28N4O3. The third kappa shape index (κ3) is 3.26. The lowest BCUT2D eigenvalue weighted by atomic mass is 9.85. The van der Waals surface area contributed by atoms with Crippen LogP contribution in [0.15, 0.2) is 4.52 Å². The minimum absolute atomic E-state index is 0.0766. The molecule has 138 valence electrons. The largest absolute Gasteiger partial charge is 0.396 e. The average Bonchev–Trinajstić information content (AvgIpc) is 3.36. The van der Waals surface area contributed by atoms with Gasteiger partial charge in [-0.25, -0.2) is 4.79 Å². The Balaban J connectivity index is 1.33. The Labute approximate surface area is 147 Å². The molecule has 3 saturated carbocycles. The van der Waals surface area contributed by atoms with Gasteiger partial charge in [-0.15, -0.1) is 0 Å². The maximum atomic E-state index is 12.4. The minimum atomic E-state index is -0.325. The van der Waals surface area contributed by atoms with Crippen molar-refractivity contribution in [1.29, 1.82) is 0 Å². The van der Waals surface area contributed by atoms with E-state index in [-0.39, 0.29) is 30.6 Å². The number of fused-ring (bicyclic) bond motifs is 2. The van der Waals surface area contributed by atoms with Crippen LogP contribution in [0.25, 0.3) is 0 Å². The summed E-state index contributed by atoms with van der Waals surface area (Å²) < 4.78 is 5.36. The van der Waals surface area contributed by atoms with E-state index in [2.05, 4.69) is 20.8 Å². The second-order valence-electron chi connectivity index (χ2n) is 8.02. The molecule has 0 spiro atoms. The molecule has 5 unspecified atom stereocenters. The number of hydrogen-bond donors (Lipinski definition) is 3. The zero-order valence-corrected chi connectivity index (χ0v) is 14.8. The number of urea groups is 1. The first kappa shape index (κ1) is 16.8. The van der Waals surface area contributed by atoms with E-state index in [9.17, 15) is 9.90 Å². The Morgan fingerprint density at radius 2 is 2.04 bits per heavy atom. The van der Waals surface area contributed by atoms with Crippen LogP contribution in [-0.4, -0.2) is 33.9 Å². The van der Waals surface area contributed by atoms with E-state index < -0.39 is 0 Å². The number of nitrogens with one attached hydrogen (secondary N) is 2. The van der Waals surface area contributed by atoms with E-state index >= 15 is 0 Å². The van der Waals surface area contributed by atoms with Crippen molar-refractivity contribution >= 4 is 6.03 Å². The third-order valence-corrected chi connectivity index (χ3v) is 6.49. The summed E-state index contributed by atoms with van der Waals surface area (Å²) in [6.07, 6.45) is 8.14. The summed E-state index contributed by atoms with van der Waals surface area (Å²) >= 11 is 0. The first-order valence-corrected chi connectivity index (χ1v) is 9.67. The molecule has 3 aliphatic rings. The minimum Gasteiger partial charge on any atom is -0.396 e. The molecule has 0 radical (unpaired) electrons. The summed E-state index contributed by atoms with van der Waals surface area (Å²) in [4.78, 5) is 16.9. The van der Waals surface area contributed by atoms with Gasteiger partial charge in [-0.2, -0.15) is 4.98 Å². The van der Waals surface area contributed by atoms with E-state index in [1.807, 2.05) is 6.92 Å². The Hall–Kier alpha value is -1.63. The molecule has 1 heterocycles. The van der Waals surface area contributed by atoms with E-state index in [0.29, 0.717) is 23.6 Å². The lowest BCUT2D eigenvalue weighted by Gasteiger charge is -2.30. The summed E-state index contributed by atoms with van der Waals surface area (Å²) in [5.41, 5.74) is 0. The van der Waals surface area contributed by atoms with E-state index in [1.165, 1.54) is 19.3 Å². The second-order valence-corrected chi connectivity index (χ2v) is 8.02. The number of aliphatic hydroxyl groups excluding tert-OH is 1. The van der Waals surface area contributed by atoms with Crippen molar-refractivity contribution in [3.63, 3.8) is 0 Å². The maximum absolute atomic E-state index is 12.4. The van der Waals surface area contributed by atoms with Gasteiger partial charge in [-0.05, 0) is 50.9 Å². The highest BCUT2D eigenvalue weighted by molar-refractivity contribution is 5.74. The summed E-state index contributed by atoms with van der Waals surface area (Å²) in [5, 5.41) is 19.7. The van der Waals surface area contributed by atoms with Crippen LogP contribution in [0.2, 0.25) is 0 Å². The molecule has 3 fully saturated rings. The number of amides is 2. The van der Waals surface area contributed by atoms with E-state index in [1.54, 1.807) is 0 Å². The van der Waals surface area contributed by atoms with Gasteiger partial charge in [0, 0.05) is 24.5 Å². The Bertz CT molecular complexity index is 613. The van der Waals surface area contributed by atoms with Gasteiger partial charge in [0.15, 0.2) is 5.82 Å². The van der Waals surface area contributed by atoms with Crippen LogP contribution in [0.1, 0.15) is 75.5 Å². The van der Waals surface area contributed by atoms with Gasteiger partial charge in [0.1, 0.15) is 6.04 Å². The molecule has 0 aromatic carbocycles. The fourth-order valence-electron chi connectivity index (χ4n) is 5.12. The van der Waals surface area contributed by atoms with Crippen LogP contribution < -0.4 is 10.6 Å². The van der Waals surface area contributed by atoms with Crippen molar-refractivity contribution in [3.8, 4) is 0 Å². The molecular weight excluding hydrogens is 320 g/mol. The smallest absolute Gasteiger partial charge is 0.315 e. The standard InChI is InChI=1S/C18H28N4O3/c1-10(17-21-16(22-25-17)11-4-2-3-5-11)19-18(24)20-15-13-7-6-12(8-13)14(15)9-23/h10-15,23H,2-9H2,1H3,(H2,19,20,24). The zero-order valence-electron chi connectivity index (χ0n) is 14.8. The van der Waals surface area contributed by atoms with Crippen LogP contribution in [0.4, 0.5) is 4.79 Å². The third-order valence-electron chi connectivity index (χ3n) is 6.49. The molecule has 5 atom stereocenters. The summed E-state index contributed by atoms with van der Waals surface area (Å²) in [7, 11) is 0. The molecule has 7 heteroatoms. The van der Waals surface area contributed by atoms with Gasteiger partial charge in [-0.3, -0.25) is 0 Å². The molecule has 1 aromatic heterocycles. The van der Waals surface area contributed by atoms with Gasteiger partial charge in [-0.1, -0.05) is 18.0 Å². The van der Waals surface area contributed by atoms with Crippen LogP contribution in [0.5, 0.6) is 0 Å². The van der Waals surface area contributed by atoms with Crippen molar-refractivity contribution < 1.29 is 14.4 Å². The lowest BCUT2D eigenvalue weighted by molar-refractivity contribution is 0.143. The Kier molecular flexibility index (Phi) is 4.67. The van der Waals surface area contributed by atoms with Gasteiger partial charge in [0.2, 0.25) is 5.89 Å². The van der Waals surface area contributed by atoms with Crippen LogP contribution in [0.3, 0.4) is 0 Å². The van der Waals surface area contributed by atoms with Crippen molar-refractivity contribution in [3.05, 3.63) is 11.7 Å². The van der Waals surface area contributed by atoms with Crippen LogP contribution in [-0.2, 0) is 0 Å². The van der Waals surface area contributed by atoms with Crippen molar-refractivity contribution in [1.82, 2.24) is 20.8 Å². The summed E-state index contributed by atoms with van der Waals surface area (Å²) in [6, 6.07) is -0.467. The number of aromatic nitrogens is 2. The van der Waals surface area contributed by atoms with Crippen molar-refractivity contribution in [2.24, 2.45) is 17.8 Å². The summed E-state index contributed by atoms with van der Waals surface area (Å²) in [6.45, 7) is 2.01. The van der Waals surface area contributed by atoms with Crippen molar-refractivity contribution in [2.75, 3.05) is 6.61 Å². The normalized spacial score (nSPS) is 32.9. The maximum Gasteiger partial charge on any atom is 0.315 e. The Morgan fingerprint density at radius 1 is 1.28 bits per heavy atom. The number of rotatable bonds is 5. The lowest BCUT2D eigenvalue weighted by Crippen LogP contribution is -2.49. The highest BCUT2D eigenvalue weighted by Gasteiger charge is 2.47. The number of nitrogens with zero attached hydrogens (tertiary/aromatic N) is 2. The highest BCUT2D eigenvalue weighted by Crippen LogP contribution is 2.48. The first-order valence-electron chi connectivity index (χ1n) is 9.67. The molecule has 3 aliphatic carbocycles. The molecule has 3 N–H and O–H groups in total. The van der Waals surface area contributed by atoms with E-state index in [0.717, 1.165) is 31.5 Å². The molecule has 4 rings (SSSR count). The second kappa shape index (κ2) is 6.94. The molecule has 2 bridgehead atoms. The SMILES string of the molecule is CC(NC(=O)NC1C2CCC(C2)C1CO)c1nc(C2CCCC2)no1. The molecule has 0 saturated heterocycles. The first-order chi connectivity index (χ1) is 12.2. The quantitative estimate of drug-likeness (QED) is 0.759. The van der Waals surface area contributed by atoms with Crippen molar-refractivity contribution in [2.45, 2.75) is 69.9 Å². The molecule has 25 heavy (non-hydrogen) atoms. The monoisotopic (exact) mass is 348 g/mol. The number of carbonyl (C=O) groups is 1. The number of hydrogen-bond acceptors (Lipinski definition) is 5. The van der Waals surface area contributed by atoms with Crippen LogP contribution >= 0.6 is 0 Å². The predicted octanol–water partition coefficient (Wildman–Crippen LogP) is 2.49. The van der Waals surface area contributed by atoms with Gasteiger partial charge in [0.25, 0.3) is 0 Å². The number of carbonyl (C=O) groups excluding carboxylic acids is 1. The van der Waals surface area contributed by atoms with Gasteiger partial charge < -0.3 is 20.3 Å². The molecule has 2 amide bonds. The van der Waals surface area contributed by atoms with E-state index in [4.69, 9.17) is 4.52 Å². The molecule has 7 nitrogen and oxygen atoms in total. The molecule has 1 aromatic rings. The predicted molar refractivity (Wildman–Crippen MR) is 90.8 cm³/mol. The zero-order chi connectivity index (χ0) is 17.4.